The smallest absolute Gasteiger partial charge is 0.411 e. The molecule has 0 saturated carbocycles. The van der Waals surface area contributed by atoms with Crippen LogP contribution in [0.5, 0.6) is 5.75 Å². The van der Waals surface area contributed by atoms with Gasteiger partial charge in [-0.1, -0.05) is 24.3 Å². The summed E-state index contributed by atoms with van der Waals surface area (Å²) in [4.78, 5) is 29.8. The van der Waals surface area contributed by atoms with E-state index in [1.54, 1.807) is 11.9 Å². The molecule has 5 rings (SSSR count). The van der Waals surface area contributed by atoms with E-state index in [1.165, 1.54) is 4.90 Å². The molecule has 36 heavy (non-hydrogen) atoms. The van der Waals surface area contributed by atoms with Crippen molar-refractivity contribution in [1.29, 1.82) is 0 Å². The first-order valence-electron chi connectivity index (χ1n) is 12.6. The highest BCUT2D eigenvalue weighted by Crippen LogP contribution is 2.34. The van der Waals surface area contributed by atoms with Gasteiger partial charge in [-0.2, -0.15) is 5.10 Å². The molecule has 0 aliphatic carbocycles. The zero-order valence-corrected chi connectivity index (χ0v) is 21.7. The highest BCUT2D eigenvalue weighted by molar-refractivity contribution is 5.97. The minimum atomic E-state index is -0.650. The number of amides is 2. The van der Waals surface area contributed by atoms with Crippen LogP contribution in [0.1, 0.15) is 39.3 Å². The Hall–Kier alpha value is -3.55. The highest BCUT2D eigenvalue weighted by Gasteiger charge is 2.43. The molecule has 1 aromatic heterocycles. The monoisotopic (exact) mass is 490 g/mol. The average Bonchev–Trinajstić information content (AvgIpc) is 3.37. The molecule has 2 aliphatic heterocycles. The Morgan fingerprint density at radius 1 is 1.14 bits per heavy atom. The molecular weight excluding hydrogens is 456 g/mol. The summed E-state index contributed by atoms with van der Waals surface area (Å²) in [6.45, 7) is 6.36. The summed E-state index contributed by atoms with van der Waals surface area (Å²) >= 11 is 0. The van der Waals surface area contributed by atoms with Crippen molar-refractivity contribution < 1.29 is 19.1 Å². The van der Waals surface area contributed by atoms with E-state index in [9.17, 15) is 9.59 Å². The first kappa shape index (κ1) is 24.2. The molecule has 1 fully saturated rings. The summed E-state index contributed by atoms with van der Waals surface area (Å²) in [6, 6.07) is 13.6. The summed E-state index contributed by atoms with van der Waals surface area (Å²) in [6.07, 6.45) is 1.18. The molecule has 2 amide bonds. The van der Waals surface area contributed by atoms with Crippen molar-refractivity contribution in [2.24, 2.45) is 7.05 Å². The Morgan fingerprint density at radius 3 is 2.69 bits per heavy atom. The standard InChI is InChI=1S/C28H34N4O4/c1-28(2,3)36-27(34)32-17-20-16-24(32)26(33)30(4)14-8-13-23-25-21(11-7-12-22(25)29-31(23)5)18-9-6-10-19(15-18)35-20/h6-7,9-12,15,20,24H,8,13-14,16-17H2,1-5H3/t20-,24-/m0/s1. The summed E-state index contributed by atoms with van der Waals surface area (Å²) in [5, 5.41) is 5.88. The van der Waals surface area contributed by atoms with E-state index in [4.69, 9.17) is 14.6 Å². The van der Waals surface area contributed by atoms with Gasteiger partial charge in [-0.3, -0.25) is 14.4 Å². The number of nitrogens with zero attached hydrogens (tertiary/aromatic N) is 4. The van der Waals surface area contributed by atoms with Crippen LogP contribution in [0.2, 0.25) is 0 Å². The van der Waals surface area contributed by atoms with Crippen LogP contribution in [-0.2, 0) is 23.0 Å². The Balaban J connectivity index is 1.54. The molecule has 2 aromatic carbocycles. The van der Waals surface area contributed by atoms with Crippen LogP contribution in [0.25, 0.3) is 22.0 Å². The van der Waals surface area contributed by atoms with Gasteiger partial charge in [0.25, 0.3) is 0 Å². The second kappa shape index (κ2) is 9.15. The van der Waals surface area contributed by atoms with Gasteiger partial charge in [-0.05, 0) is 62.9 Å². The fourth-order valence-corrected chi connectivity index (χ4v) is 5.25. The van der Waals surface area contributed by atoms with E-state index in [0.717, 1.165) is 40.6 Å². The highest BCUT2D eigenvalue weighted by atomic mass is 16.6. The van der Waals surface area contributed by atoms with Gasteiger partial charge in [-0.15, -0.1) is 0 Å². The predicted octanol–water partition coefficient (Wildman–Crippen LogP) is 4.40. The summed E-state index contributed by atoms with van der Waals surface area (Å²) < 4.78 is 13.9. The molecule has 3 aromatic rings. The quantitative estimate of drug-likeness (QED) is 0.467. The van der Waals surface area contributed by atoms with E-state index in [-0.39, 0.29) is 12.0 Å². The molecule has 0 unspecified atom stereocenters. The number of likely N-dealkylation sites (tertiary alicyclic amines) is 1. The van der Waals surface area contributed by atoms with Gasteiger partial charge in [0.05, 0.1) is 12.1 Å². The third-order valence-electron chi connectivity index (χ3n) is 6.89. The average molecular weight is 491 g/mol. The molecule has 8 heteroatoms. The molecule has 3 heterocycles. The van der Waals surface area contributed by atoms with Crippen molar-refractivity contribution in [1.82, 2.24) is 19.6 Å². The van der Waals surface area contributed by atoms with Crippen molar-refractivity contribution in [3.05, 3.63) is 48.2 Å². The minimum absolute atomic E-state index is 0.0915. The number of hydrogen-bond donors (Lipinski definition) is 0. The van der Waals surface area contributed by atoms with Gasteiger partial charge in [0.15, 0.2) is 0 Å². The lowest BCUT2D eigenvalue weighted by Crippen LogP contribution is -2.48. The number of carbonyl (C=O) groups is 2. The van der Waals surface area contributed by atoms with E-state index in [2.05, 4.69) is 12.1 Å². The van der Waals surface area contributed by atoms with Crippen LogP contribution in [0, 0.1) is 0 Å². The van der Waals surface area contributed by atoms with Crippen LogP contribution in [0.4, 0.5) is 4.79 Å². The lowest BCUT2D eigenvalue weighted by Gasteiger charge is -2.30. The fraction of sp³-hybridized carbons (Fsp3) is 0.464. The summed E-state index contributed by atoms with van der Waals surface area (Å²) in [5.41, 5.74) is 3.61. The molecule has 2 atom stereocenters. The van der Waals surface area contributed by atoms with Crippen LogP contribution >= 0.6 is 0 Å². The molecule has 0 radical (unpaired) electrons. The van der Waals surface area contributed by atoms with Gasteiger partial charge in [-0.25, -0.2) is 4.79 Å². The first-order valence-corrected chi connectivity index (χ1v) is 12.6. The number of rotatable bonds is 0. The van der Waals surface area contributed by atoms with Gasteiger partial charge >= 0.3 is 6.09 Å². The molecule has 190 valence electrons. The number of aryl methyl sites for hydroxylation is 2. The van der Waals surface area contributed by atoms with Crippen LogP contribution in [-0.4, -0.2) is 69.5 Å². The molecule has 1 saturated heterocycles. The third kappa shape index (κ3) is 4.64. The molecule has 0 N–H and O–H groups in total. The number of benzene rings is 2. The van der Waals surface area contributed by atoms with Gasteiger partial charge in [0.1, 0.15) is 23.5 Å². The number of hydrogen-bond acceptors (Lipinski definition) is 5. The van der Waals surface area contributed by atoms with Crippen molar-refractivity contribution in [3.8, 4) is 16.9 Å². The fourth-order valence-electron chi connectivity index (χ4n) is 5.25. The second-order valence-corrected chi connectivity index (χ2v) is 10.8. The van der Waals surface area contributed by atoms with Crippen LogP contribution < -0.4 is 4.74 Å². The number of fused-ring (bicyclic) bond motifs is 5. The Kier molecular flexibility index (Phi) is 6.14. The normalized spacial score (nSPS) is 20.6. The Labute approximate surface area is 211 Å². The molecule has 4 bridgehead atoms. The molecule has 2 aliphatic rings. The Morgan fingerprint density at radius 2 is 1.92 bits per heavy atom. The topological polar surface area (TPSA) is 76.9 Å². The van der Waals surface area contributed by atoms with E-state index >= 15 is 0 Å². The second-order valence-electron chi connectivity index (χ2n) is 10.8. The lowest BCUT2D eigenvalue weighted by atomic mass is 9.98. The maximum absolute atomic E-state index is 13.5. The minimum Gasteiger partial charge on any atom is -0.488 e. The van der Waals surface area contributed by atoms with Crippen molar-refractivity contribution in [2.45, 2.75) is 57.8 Å². The maximum atomic E-state index is 13.5. The third-order valence-corrected chi connectivity index (χ3v) is 6.89. The van der Waals surface area contributed by atoms with Gasteiger partial charge < -0.3 is 14.4 Å². The first-order chi connectivity index (χ1) is 17.1. The van der Waals surface area contributed by atoms with Gasteiger partial charge in [0.2, 0.25) is 5.91 Å². The molecular formula is C28H34N4O4. The predicted molar refractivity (Wildman–Crippen MR) is 138 cm³/mol. The SMILES string of the molecule is CN1CCCc2c3c(cccc3nn2C)-c2cccc(c2)O[C@H]2C[C@@H](C1=O)N(C(=O)OC(C)(C)C)C2. The maximum Gasteiger partial charge on any atom is 0.411 e. The summed E-state index contributed by atoms with van der Waals surface area (Å²) in [5.74, 6) is 0.617. The number of carbonyl (C=O) groups excluding carboxylic acids is 2. The number of ether oxygens (including phenoxy) is 2. The Bertz CT molecular complexity index is 1310. The van der Waals surface area contributed by atoms with Crippen LogP contribution in [0.15, 0.2) is 42.5 Å². The number of likely N-dealkylation sites (N-methyl/N-ethyl adjacent to an activating group) is 1. The molecule has 8 nitrogen and oxygen atoms in total. The number of aromatic nitrogens is 2. The largest absolute Gasteiger partial charge is 0.488 e. The lowest BCUT2D eigenvalue weighted by molar-refractivity contribution is -0.134. The van der Waals surface area contributed by atoms with Crippen molar-refractivity contribution in [2.75, 3.05) is 20.1 Å². The summed E-state index contributed by atoms with van der Waals surface area (Å²) in [7, 11) is 3.77. The van der Waals surface area contributed by atoms with Crippen molar-refractivity contribution in [3.63, 3.8) is 0 Å². The van der Waals surface area contributed by atoms with Crippen molar-refractivity contribution >= 4 is 22.9 Å². The van der Waals surface area contributed by atoms with E-state index in [0.29, 0.717) is 25.3 Å². The van der Waals surface area contributed by atoms with Gasteiger partial charge in [0, 0.05) is 38.1 Å². The van der Waals surface area contributed by atoms with Crippen LogP contribution in [0.3, 0.4) is 0 Å². The van der Waals surface area contributed by atoms with E-state index in [1.807, 2.05) is 62.8 Å². The van der Waals surface area contributed by atoms with E-state index < -0.39 is 17.7 Å². The zero-order chi connectivity index (χ0) is 25.6. The molecule has 0 spiro atoms. The zero-order valence-electron chi connectivity index (χ0n) is 21.7.